The number of thiocarbonyl (C=S) groups is 1. The van der Waals surface area contributed by atoms with Crippen LogP contribution in [0.1, 0.15) is 29.3 Å². The Morgan fingerprint density at radius 2 is 1.74 bits per heavy atom. The van der Waals surface area contributed by atoms with Crippen molar-refractivity contribution in [1.82, 2.24) is 10.6 Å². The van der Waals surface area contributed by atoms with E-state index in [2.05, 4.69) is 26.6 Å². The van der Waals surface area contributed by atoms with Crippen LogP contribution < -0.4 is 24.8 Å². The molecule has 0 atom stereocenters. The number of carbonyl (C=O) groups excluding carboxylic acids is 1. The van der Waals surface area contributed by atoms with Crippen molar-refractivity contribution >= 4 is 39.2 Å². The van der Waals surface area contributed by atoms with E-state index in [-0.39, 0.29) is 11.0 Å². The molecule has 0 aromatic heterocycles. The lowest BCUT2D eigenvalue weighted by molar-refractivity contribution is 0.0968. The van der Waals surface area contributed by atoms with Crippen molar-refractivity contribution in [3.63, 3.8) is 0 Å². The van der Waals surface area contributed by atoms with Gasteiger partial charge in [-0.15, -0.1) is 0 Å². The fourth-order valence-corrected chi connectivity index (χ4v) is 3.12. The van der Waals surface area contributed by atoms with Crippen molar-refractivity contribution in [3.8, 4) is 17.2 Å². The largest absolute Gasteiger partial charge is 0.493 e. The van der Waals surface area contributed by atoms with Gasteiger partial charge >= 0.3 is 0 Å². The molecule has 1 amide bonds. The zero-order valence-electron chi connectivity index (χ0n) is 17.8. The Balaban J connectivity index is 1.97. The highest BCUT2D eigenvalue weighted by Gasteiger charge is 2.15. The van der Waals surface area contributed by atoms with Crippen molar-refractivity contribution in [1.29, 1.82) is 0 Å². The molecule has 168 valence electrons. The van der Waals surface area contributed by atoms with Crippen molar-refractivity contribution in [2.45, 2.75) is 19.9 Å². The molecule has 0 unspecified atom stereocenters. The van der Waals surface area contributed by atoms with Gasteiger partial charge in [-0.3, -0.25) is 10.1 Å². The molecule has 31 heavy (non-hydrogen) atoms. The summed E-state index contributed by atoms with van der Waals surface area (Å²) >= 11 is 8.66. The maximum Gasteiger partial charge on any atom is 0.261 e. The highest BCUT2D eigenvalue weighted by molar-refractivity contribution is 9.10. The van der Waals surface area contributed by atoms with Crippen LogP contribution in [0.5, 0.6) is 17.2 Å². The molecule has 2 N–H and O–H groups in total. The van der Waals surface area contributed by atoms with Crippen molar-refractivity contribution in [3.05, 3.63) is 52.0 Å². The summed E-state index contributed by atoms with van der Waals surface area (Å²) in [6.07, 6.45) is 0.914. The number of hydrogen-bond acceptors (Lipinski definition) is 6. The number of hydrogen-bond donors (Lipinski definition) is 2. The number of benzene rings is 2. The van der Waals surface area contributed by atoms with Gasteiger partial charge < -0.3 is 24.3 Å². The molecule has 0 fully saturated rings. The Bertz CT molecular complexity index is 894. The highest BCUT2D eigenvalue weighted by atomic mass is 79.9. The molecule has 2 aromatic carbocycles. The average molecular weight is 511 g/mol. The predicted octanol–water partition coefficient (Wildman–Crippen LogP) is 4.08. The molecule has 0 aliphatic rings. The van der Waals surface area contributed by atoms with Gasteiger partial charge in [-0.25, -0.2) is 0 Å². The molecule has 0 saturated heterocycles. The predicted molar refractivity (Wildman–Crippen MR) is 127 cm³/mol. The minimum absolute atomic E-state index is 0.207. The van der Waals surface area contributed by atoms with Gasteiger partial charge in [-0.05, 0) is 54.5 Å². The van der Waals surface area contributed by atoms with Crippen LogP contribution in [0.2, 0.25) is 0 Å². The fraction of sp³-hybridized carbons (Fsp3) is 0.364. The lowest BCUT2D eigenvalue weighted by atomic mass is 10.2. The first kappa shape index (κ1) is 24.9. The second-order valence-corrected chi connectivity index (χ2v) is 7.78. The summed E-state index contributed by atoms with van der Waals surface area (Å²) in [5.74, 6) is 1.43. The smallest absolute Gasteiger partial charge is 0.261 e. The van der Waals surface area contributed by atoms with Crippen LogP contribution in [0.25, 0.3) is 0 Å². The van der Waals surface area contributed by atoms with E-state index in [1.54, 1.807) is 32.4 Å². The number of nitrogens with one attached hydrogen (secondary N) is 2. The van der Waals surface area contributed by atoms with E-state index in [0.717, 1.165) is 16.5 Å². The molecule has 0 aliphatic heterocycles. The zero-order chi connectivity index (χ0) is 22.6. The SMILES string of the molecule is CCCOc1ccc(CNC(=S)NC(=O)c2cc(Br)ccc2OCCOC)cc1OC. The van der Waals surface area contributed by atoms with Crippen LogP contribution in [0.4, 0.5) is 0 Å². The van der Waals surface area contributed by atoms with Crippen LogP contribution >= 0.6 is 28.1 Å². The number of methoxy groups -OCH3 is 2. The summed E-state index contributed by atoms with van der Waals surface area (Å²) in [5, 5.41) is 5.92. The van der Waals surface area contributed by atoms with Crippen LogP contribution in [0, 0.1) is 0 Å². The Morgan fingerprint density at radius 1 is 1.00 bits per heavy atom. The standard InChI is InChI=1S/C22H27BrN2O5S/c1-4-9-29-19-7-5-15(12-20(19)28-3)14-24-22(31)25-21(26)17-13-16(23)6-8-18(17)30-11-10-27-2/h5-8,12-13H,4,9-11,14H2,1-3H3,(H2,24,25,26,31). The first-order valence-electron chi connectivity index (χ1n) is 9.78. The Kier molecular flexibility index (Phi) is 10.6. The summed E-state index contributed by atoms with van der Waals surface area (Å²) in [4.78, 5) is 12.7. The number of rotatable bonds is 11. The molecular formula is C22H27BrN2O5S. The highest BCUT2D eigenvalue weighted by Crippen LogP contribution is 2.28. The fourth-order valence-electron chi connectivity index (χ4n) is 2.59. The van der Waals surface area contributed by atoms with Gasteiger partial charge in [-0.1, -0.05) is 28.9 Å². The van der Waals surface area contributed by atoms with Gasteiger partial charge in [0.2, 0.25) is 0 Å². The normalized spacial score (nSPS) is 10.3. The molecule has 2 aromatic rings. The van der Waals surface area contributed by atoms with Gasteiger partial charge in [0.1, 0.15) is 12.4 Å². The van der Waals surface area contributed by atoms with E-state index in [9.17, 15) is 4.79 Å². The summed E-state index contributed by atoms with van der Waals surface area (Å²) in [6.45, 7) is 3.84. The summed E-state index contributed by atoms with van der Waals surface area (Å²) in [5.41, 5.74) is 1.30. The van der Waals surface area contributed by atoms with E-state index in [1.807, 2.05) is 25.1 Å². The van der Waals surface area contributed by atoms with Gasteiger partial charge in [0.15, 0.2) is 16.6 Å². The second kappa shape index (κ2) is 13.1. The Labute approximate surface area is 196 Å². The number of halogens is 1. The molecule has 2 rings (SSSR count). The van der Waals surface area contributed by atoms with E-state index in [4.69, 9.17) is 31.2 Å². The van der Waals surface area contributed by atoms with Crippen molar-refractivity contribution in [2.75, 3.05) is 34.0 Å². The van der Waals surface area contributed by atoms with Crippen molar-refractivity contribution in [2.24, 2.45) is 0 Å². The monoisotopic (exact) mass is 510 g/mol. The maximum absolute atomic E-state index is 12.7. The third-order valence-corrected chi connectivity index (χ3v) is 4.84. The molecule has 0 radical (unpaired) electrons. The number of amides is 1. The maximum atomic E-state index is 12.7. The molecule has 0 saturated carbocycles. The summed E-state index contributed by atoms with van der Waals surface area (Å²) in [7, 11) is 3.19. The van der Waals surface area contributed by atoms with E-state index >= 15 is 0 Å². The molecule has 0 bridgehead atoms. The number of carbonyl (C=O) groups is 1. The van der Waals surface area contributed by atoms with Gasteiger partial charge in [0, 0.05) is 18.1 Å². The van der Waals surface area contributed by atoms with E-state index in [0.29, 0.717) is 49.2 Å². The van der Waals surface area contributed by atoms with E-state index < -0.39 is 0 Å². The van der Waals surface area contributed by atoms with Crippen molar-refractivity contribution < 1.29 is 23.7 Å². The lowest BCUT2D eigenvalue weighted by Crippen LogP contribution is -2.39. The first-order chi connectivity index (χ1) is 15.0. The van der Waals surface area contributed by atoms with Crippen LogP contribution in [-0.4, -0.2) is 45.1 Å². The Hall–Kier alpha value is -2.36. The van der Waals surface area contributed by atoms with Crippen LogP contribution in [0.3, 0.4) is 0 Å². The van der Waals surface area contributed by atoms with Crippen LogP contribution in [0.15, 0.2) is 40.9 Å². The van der Waals surface area contributed by atoms with Gasteiger partial charge in [0.25, 0.3) is 5.91 Å². The number of ether oxygens (including phenoxy) is 4. The summed E-state index contributed by atoms with van der Waals surface area (Å²) in [6, 6.07) is 10.9. The molecule has 0 aliphatic carbocycles. The lowest BCUT2D eigenvalue weighted by Gasteiger charge is -2.14. The third kappa shape index (κ3) is 8.01. The molecule has 0 heterocycles. The molecular weight excluding hydrogens is 484 g/mol. The minimum Gasteiger partial charge on any atom is -0.493 e. The van der Waals surface area contributed by atoms with Gasteiger partial charge in [-0.2, -0.15) is 0 Å². The van der Waals surface area contributed by atoms with E-state index in [1.165, 1.54) is 0 Å². The third-order valence-electron chi connectivity index (χ3n) is 4.10. The van der Waals surface area contributed by atoms with Crippen LogP contribution in [-0.2, 0) is 11.3 Å². The topological polar surface area (TPSA) is 78.1 Å². The zero-order valence-corrected chi connectivity index (χ0v) is 20.2. The molecule has 0 spiro atoms. The molecule has 9 heteroatoms. The average Bonchev–Trinajstić information content (AvgIpc) is 2.77. The second-order valence-electron chi connectivity index (χ2n) is 6.45. The van der Waals surface area contributed by atoms with Gasteiger partial charge in [0.05, 0.1) is 25.9 Å². The first-order valence-corrected chi connectivity index (χ1v) is 11.0. The summed E-state index contributed by atoms with van der Waals surface area (Å²) < 4.78 is 22.4. The minimum atomic E-state index is -0.368. The quantitative estimate of drug-likeness (QED) is 0.348. The molecule has 7 nitrogen and oxygen atoms in total. The Morgan fingerprint density at radius 3 is 2.45 bits per heavy atom.